The monoisotopic (exact) mass is 846 g/mol. The number of nitrogens with zero attached hydrogens (tertiary/aromatic N) is 3. The third-order valence-electron chi connectivity index (χ3n) is 13.6. The minimum atomic E-state index is -4.11. The number of carbonyl (C=O) groups excluding carboxylic acids is 4. The summed E-state index contributed by atoms with van der Waals surface area (Å²) in [4.78, 5) is 77.4. The number of methoxy groups -OCH3 is 1. The summed E-state index contributed by atoms with van der Waals surface area (Å²) < 4.78 is 46.9. The fourth-order valence-electron chi connectivity index (χ4n) is 9.56. The maximum atomic E-state index is 15.0. The lowest BCUT2D eigenvalue weighted by molar-refractivity contribution is -0.142. The largest absolute Gasteiger partial charge is 0.497 e. The number of nitrogens with one attached hydrogen (secondary N) is 3. The highest BCUT2D eigenvalue weighted by Crippen LogP contribution is 2.43. The number of rotatable bonds is 8. The number of fused-ring (bicyclic) bond motifs is 5. The van der Waals surface area contributed by atoms with Crippen LogP contribution < -0.4 is 30.4 Å². The van der Waals surface area contributed by atoms with Gasteiger partial charge in [0.2, 0.25) is 21.8 Å². The first-order valence-electron chi connectivity index (χ1n) is 21.3. The van der Waals surface area contributed by atoms with Crippen molar-refractivity contribution in [2.45, 2.75) is 138 Å². The minimum Gasteiger partial charge on any atom is -0.497 e. The lowest BCUT2D eigenvalue weighted by atomic mass is 9.76. The van der Waals surface area contributed by atoms with Gasteiger partial charge in [0.25, 0.3) is 17.5 Å². The fraction of sp³-hybridized carbons (Fsp3) is 0.628. The quantitative estimate of drug-likeness (QED) is 0.259. The van der Waals surface area contributed by atoms with E-state index in [4.69, 9.17) is 19.2 Å². The molecule has 1 aromatic heterocycles. The molecule has 322 valence electrons. The molecule has 1 aromatic carbocycles. The number of benzene rings is 1. The molecule has 0 unspecified atom stereocenters. The van der Waals surface area contributed by atoms with Gasteiger partial charge in [-0.1, -0.05) is 43.6 Å². The molecule has 1 saturated heterocycles. The highest BCUT2D eigenvalue weighted by Gasteiger charge is 2.57. The van der Waals surface area contributed by atoms with Gasteiger partial charge in [0.15, 0.2) is 5.54 Å². The number of hydrogen-bond acceptors (Lipinski definition) is 11. The van der Waals surface area contributed by atoms with Crippen LogP contribution >= 0.6 is 0 Å². The second kappa shape index (κ2) is 16.4. The first kappa shape index (κ1) is 41.6. The van der Waals surface area contributed by atoms with Crippen molar-refractivity contribution in [2.75, 3.05) is 13.7 Å². The highest BCUT2D eigenvalue weighted by atomic mass is 32.2. The van der Waals surface area contributed by atoms with Crippen LogP contribution in [0.5, 0.6) is 11.8 Å². The average molecular weight is 847 g/mol. The molecule has 7 atom stereocenters. The number of sulfonamides is 1. The van der Waals surface area contributed by atoms with Crippen molar-refractivity contribution in [1.82, 2.24) is 29.8 Å². The molecule has 17 heteroatoms. The van der Waals surface area contributed by atoms with Gasteiger partial charge in [-0.15, -0.1) is 6.58 Å². The molecule has 2 aliphatic heterocycles. The molecular formula is C43H54N6O10S. The van der Waals surface area contributed by atoms with Gasteiger partial charge in [-0.25, -0.2) is 17.9 Å². The van der Waals surface area contributed by atoms with Crippen LogP contribution in [0.1, 0.15) is 96.8 Å². The summed E-state index contributed by atoms with van der Waals surface area (Å²) in [7, 11) is -2.59. The normalized spacial score (nSPS) is 30.4. The van der Waals surface area contributed by atoms with Crippen molar-refractivity contribution in [3.8, 4) is 23.6 Å². The molecule has 16 nitrogen and oxygen atoms in total. The van der Waals surface area contributed by atoms with E-state index in [1.54, 1.807) is 18.2 Å². The molecule has 3 saturated carbocycles. The fourth-order valence-corrected chi connectivity index (χ4v) is 10.8. The molecule has 4 amide bonds. The van der Waals surface area contributed by atoms with Crippen molar-refractivity contribution < 1.29 is 41.8 Å². The molecule has 2 bridgehead atoms. The van der Waals surface area contributed by atoms with E-state index in [0.717, 1.165) is 51.4 Å². The van der Waals surface area contributed by atoms with E-state index >= 15 is 0 Å². The van der Waals surface area contributed by atoms with Gasteiger partial charge in [-0.05, 0) is 88.7 Å². The number of amides is 4. The summed E-state index contributed by atoms with van der Waals surface area (Å²) in [5.41, 5.74) is -1.94. The summed E-state index contributed by atoms with van der Waals surface area (Å²) in [5, 5.41) is 6.02. The molecule has 4 fully saturated rings. The Kier molecular flexibility index (Phi) is 11.4. The van der Waals surface area contributed by atoms with E-state index in [1.807, 2.05) is 0 Å². The maximum Gasteiger partial charge on any atom is 0.408 e. The van der Waals surface area contributed by atoms with Crippen molar-refractivity contribution in [3.05, 3.63) is 41.2 Å². The SMILES string of the molecule is C=C[C@@H]1C#C[C@]1(NC(=O)[C@@H]1C[C@@H]2CN1C(=O)[C@H](C1CCCC1)NC(=O)O[C@@H]1CCC[C@H]1CCCCCn1c(nc3cc(OC)ccc3c1=O)O2)C(=O)NS(=O)(=O)C1(C)CC1. The first-order valence-corrected chi connectivity index (χ1v) is 22.8. The highest BCUT2D eigenvalue weighted by molar-refractivity contribution is 7.91. The Morgan fingerprint density at radius 3 is 2.45 bits per heavy atom. The van der Waals surface area contributed by atoms with Crippen LogP contribution in [0.2, 0.25) is 0 Å². The molecule has 60 heavy (non-hydrogen) atoms. The van der Waals surface area contributed by atoms with E-state index in [-0.39, 0.29) is 42.5 Å². The van der Waals surface area contributed by atoms with Gasteiger partial charge in [0.05, 0.1) is 35.2 Å². The van der Waals surface area contributed by atoms with Gasteiger partial charge in [-0.2, -0.15) is 4.98 Å². The zero-order chi connectivity index (χ0) is 42.4. The van der Waals surface area contributed by atoms with Gasteiger partial charge < -0.3 is 29.7 Å². The van der Waals surface area contributed by atoms with Crippen LogP contribution in [-0.2, 0) is 35.7 Å². The molecule has 2 aromatic rings. The smallest absolute Gasteiger partial charge is 0.408 e. The zero-order valence-electron chi connectivity index (χ0n) is 34.2. The van der Waals surface area contributed by atoms with E-state index < -0.39 is 68.2 Å². The summed E-state index contributed by atoms with van der Waals surface area (Å²) in [6, 6.07) is 2.74. The van der Waals surface area contributed by atoms with Gasteiger partial charge >= 0.3 is 6.09 Å². The second-order valence-corrected chi connectivity index (χ2v) is 19.7. The van der Waals surface area contributed by atoms with Crippen molar-refractivity contribution in [1.29, 1.82) is 0 Å². The summed E-state index contributed by atoms with van der Waals surface area (Å²) in [6.07, 6.45) is 9.02. The van der Waals surface area contributed by atoms with Crippen LogP contribution in [0.25, 0.3) is 10.9 Å². The Morgan fingerprint density at radius 2 is 1.75 bits per heavy atom. The molecule has 3 heterocycles. The summed E-state index contributed by atoms with van der Waals surface area (Å²) in [6.45, 7) is 5.49. The molecule has 3 N–H and O–H groups in total. The number of hydrogen-bond donors (Lipinski definition) is 3. The van der Waals surface area contributed by atoms with Crippen LogP contribution in [0.4, 0.5) is 4.79 Å². The molecular weight excluding hydrogens is 793 g/mol. The molecule has 8 rings (SSSR count). The van der Waals surface area contributed by atoms with Crippen molar-refractivity contribution in [3.63, 3.8) is 0 Å². The Labute approximate surface area is 349 Å². The van der Waals surface area contributed by atoms with E-state index in [1.165, 1.54) is 29.6 Å². The van der Waals surface area contributed by atoms with Crippen LogP contribution in [-0.4, -0.2) is 94.9 Å². The minimum absolute atomic E-state index is 0.0245. The van der Waals surface area contributed by atoms with Gasteiger partial charge in [0.1, 0.15) is 30.0 Å². The van der Waals surface area contributed by atoms with Crippen molar-refractivity contribution in [2.24, 2.45) is 17.8 Å². The maximum absolute atomic E-state index is 15.0. The molecule has 0 radical (unpaired) electrons. The Bertz CT molecular complexity index is 2310. The second-order valence-electron chi connectivity index (χ2n) is 17.5. The standard InChI is InChI=1S/C43H54N6O10S/c1-4-28-18-19-43(28,39(53)47-60(55,56)42(2)20-21-42)46-36(50)33-24-30-25-49(33)38(52)35(27-12-7-8-13-27)45-41(54)59-34-15-10-14-26(34)11-6-5-9-22-48-37(51)31-17-16-29(57-3)23-32(31)44-40(48)58-30/h4,16-17,23,26-28,30,33-35H,1,5-15,20-22,24-25H2,2-3H3,(H,45,54)(H,46,50)(H,47,53)/t26-,28-,30-,33+,34-,35+,43-/m1/s1. The van der Waals surface area contributed by atoms with E-state index in [9.17, 15) is 32.4 Å². The number of ether oxygens (including phenoxy) is 3. The third-order valence-corrected chi connectivity index (χ3v) is 15.8. The van der Waals surface area contributed by atoms with Crippen LogP contribution in [0, 0.1) is 29.6 Å². The predicted octanol–water partition coefficient (Wildman–Crippen LogP) is 3.45. The Morgan fingerprint density at radius 1 is 1.02 bits per heavy atom. The summed E-state index contributed by atoms with van der Waals surface area (Å²) in [5.74, 6) is 2.68. The topological polar surface area (TPSA) is 204 Å². The van der Waals surface area contributed by atoms with E-state index in [2.05, 4.69) is 33.8 Å². The predicted molar refractivity (Wildman–Crippen MR) is 219 cm³/mol. The lowest BCUT2D eigenvalue weighted by Crippen LogP contribution is -2.68. The lowest BCUT2D eigenvalue weighted by Gasteiger charge is -2.38. The van der Waals surface area contributed by atoms with Gasteiger partial charge in [-0.3, -0.25) is 23.7 Å². The first-order chi connectivity index (χ1) is 28.8. The molecule has 0 spiro atoms. The van der Waals surface area contributed by atoms with E-state index in [0.29, 0.717) is 55.3 Å². The van der Waals surface area contributed by atoms with Crippen LogP contribution in [0.15, 0.2) is 35.6 Å². The van der Waals surface area contributed by atoms with Crippen LogP contribution in [0.3, 0.4) is 0 Å². The van der Waals surface area contributed by atoms with Gasteiger partial charge in [0, 0.05) is 19.0 Å². The average Bonchev–Trinajstić information content (AvgIpc) is 3.57. The molecule has 6 aliphatic rings. The molecule has 4 aliphatic carbocycles. The Balaban J connectivity index is 1.16. The number of aromatic nitrogens is 2. The summed E-state index contributed by atoms with van der Waals surface area (Å²) >= 11 is 0. The third kappa shape index (κ3) is 7.83. The zero-order valence-corrected chi connectivity index (χ0v) is 35.0. The Hall–Kier alpha value is -5.11. The number of carbonyl (C=O) groups is 4. The number of alkyl carbamates (subject to hydrolysis) is 1. The van der Waals surface area contributed by atoms with Crippen molar-refractivity contribution >= 4 is 44.7 Å².